The molecule has 0 spiro atoms. The molecule has 3 aromatic rings. The quantitative estimate of drug-likeness (QED) is 0.598. The van der Waals surface area contributed by atoms with E-state index in [-0.39, 0.29) is 10.8 Å². The van der Waals surface area contributed by atoms with Crippen LogP contribution in [0.25, 0.3) is 0 Å². The average Bonchev–Trinajstić information content (AvgIpc) is 2.68. The Labute approximate surface area is 169 Å². The van der Waals surface area contributed by atoms with Gasteiger partial charge in [0.1, 0.15) is 0 Å². The number of carbonyl (C=O) groups excluding carboxylic acids is 1. The molecule has 7 heteroatoms. The maximum absolute atomic E-state index is 12.6. The molecule has 3 aromatic carbocycles. The predicted octanol–water partition coefficient (Wildman–Crippen LogP) is 4.96. The molecule has 0 atom stereocenters. The van der Waals surface area contributed by atoms with Gasteiger partial charge in [-0.1, -0.05) is 42.8 Å². The van der Waals surface area contributed by atoms with E-state index in [1.165, 1.54) is 30.3 Å². The molecule has 0 fully saturated rings. The van der Waals surface area contributed by atoms with Crippen molar-refractivity contribution in [1.82, 2.24) is 0 Å². The van der Waals surface area contributed by atoms with Crippen molar-refractivity contribution in [1.29, 1.82) is 0 Å². The third kappa shape index (κ3) is 4.71. The van der Waals surface area contributed by atoms with Crippen molar-refractivity contribution in [3.63, 3.8) is 0 Å². The molecule has 0 aromatic heterocycles. The smallest absolute Gasteiger partial charge is 0.261 e. The lowest BCUT2D eigenvalue weighted by Crippen LogP contribution is -2.15. The van der Waals surface area contributed by atoms with Crippen LogP contribution in [0.2, 0.25) is 5.02 Å². The number of benzene rings is 3. The van der Waals surface area contributed by atoms with Gasteiger partial charge in [0, 0.05) is 22.0 Å². The van der Waals surface area contributed by atoms with E-state index in [1.54, 1.807) is 18.2 Å². The van der Waals surface area contributed by atoms with Crippen molar-refractivity contribution >= 4 is 38.9 Å². The largest absolute Gasteiger partial charge is 0.322 e. The molecule has 1 amide bonds. The maximum atomic E-state index is 12.6. The molecule has 3 rings (SSSR count). The van der Waals surface area contributed by atoms with Crippen LogP contribution in [0, 0.1) is 0 Å². The lowest BCUT2D eigenvalue weighted by molar-refractivity contribution is 0.102. The van der Waals surface area contributed by atoms with Crippen LogP contribution in [0.5, 0.6) is 0 Å². The van der Waals surface area contributed by atoms with Gasteiger partial charge in [-0.3, -0.25) is 9.52 Å². The normalized spacial score (nSPS) is 11.1. The van der Waals surface area contributed by atoms with Gasteiger partial charge in [0.05, 0.1) is 4.90 Å². The topological polar surface area (TPSA) is 75.3 Å². The van der Waals surface area contributed by atoms with Gasteiger partial charge in [0.2, 0.25) is 0 Å². The highest BCUT2D eigenvalue weighted by Crippen LogP contribution is 2.21. The summed E-state index contributed by atoms with van der Waals surface area (Å²) in [6, 6.07) is 19.7. The Bertz CT molecular complexity index is 1100. The van der Waals surface area contributed by atoms with Gasteiger partial charge in [-0.2, -0.15) is 0 Å². The minimum atomic E-state index is -3.78. The van der Waals surface area contributed by atoms with Crippen molar-refractivity contribution in [2.45, 2.75) is 18.2 Å². The van der Waals surface area contributed by atoms with Gasteiger partial charge >= 0.3 is 0 Å². The number of rotatable bonds is 6. The third-order valence-corrected chi connectivity index (χ3v) is 5.80. The van der Waals surface area contributed by atoms with Crippen LogP contribution in [0.1, 0.15) is 22.8 Å². The van der Waals surface area contributed by atoms with Gasteiger partial charge in [0.25, 0.3) is 15.9 Å². The molecule has 5 nitrogen and oxygen atoms in total. The lowest BCUT2D eigenvalue weighted by Gasteiger charge is -2.12. The van der Waals surface area contributed by atoms with Gasteiger partial charge in [0.15, 0.2) is 0 Å². The van der Waals surface area contributed by atoms with Gasteiger partial charge in [-0.05, 0) is 60.5 Å². The summed E-state index contributed by atoms with van der Waals surface area (Å²) in [5.74, 6) is -0.312. The molecular weight excluding hydrogens is 396 g/mol. The van der Waals surface area contributed by atoms with Crippen LogP contribution in [0.3, 0.4) is 0 Å². The van der Waals surface area contributed by atoms with Gasteiger partial charge in [-0.15, -0.1) is 0 Å². The molecule has 0 saturated carbocycles. The molecule has 0 unspecified atom stereocenters. The van der Waals surface area contributed by atoms with Crippen LogP contribution in [-0.2, 0) is 16.4 Å². The Hall–Kier alpha value is -2.83. The molecular formula is C21H19ClN2O3S. The SMILES string of the molecule is CCc1ccccc1NC(=O)c1cccc(NS(=O)(=O)c2ccc(Cl)cc2)c1. The zero-order valence-corrected chi connectivity index (χ0v) is 16.7. The summed E-state index contributed by atoms with van der Waals surface area (Å²) in [4.78, 5) is 12.7. The lowest BCUT2D eigenvalue weighted by atomic mass is 10.1. The first kappa shape index (κ1) is 19.9. The summed E-state index contributed by atoms with van der Waals surface area (Å²) in [6.45, 7) is 2.01. The van der Waals surface area contributed by atoms with Crippen molar-refractivity contribution in [2.24, 2.45) is 0 Å². The van der Waals surface area contributed by atoms with Crippen LogP contribution < -0.4 is 10.0 Å². The first-order valence-corrected chi connectivity index (χ1v) is 10.5. The first-order chi connectivity index (χ1) is 13.4. The summed E-state index contributed by atoms with van der Waals surface area (Å²) in [6.07, 6.45) is 0.789. The van der Waals surface area contributed by atoms with Gasteiger partial charge in [-0.25, -0.2) is 8.42 Å². The van der Waals surface area contributed by atoms with Crippen LogP contribution in [-0.4, -0.2) is 14.3 Å². The number of amides is 1. The summed E-state index contributed by atoms with van der Waals surface area (Å²) in [7, 11) is -3.78. The molecule has 0 radical (unpaired) electrons. The van der Waals surface area contributed by atoms with Crippen molar-refractivity contribution in [3.05, 3.63) is 88.9 Å². The molecule has 0 bridgehead atoms. The highest BCUT2D eigenvalue weighted by Gasteiger charge is 2.15. The average molecular weight is 415 g/mol. The molecule has 28 heavy (non-hydrogen) atoms. The monoisotopic (exact) mass is 414 g/mol. The van der Waals surface area contributed by atoms with Crippen molar-refractivity contribution in [2.75, 3.05) is 10.0 Å². The summed E-state index contributed by atoms with van der Waals surface area (Å²) in [5.41, 5.74) is 2.41. The van der Waals surface area contributed by atoms with E-state index in [0.29, 0.717) is 16.3 Å². The summed E-state index contributed by atoms with van der Waals surface area (Å²) in [5, 5.41) is 3.32. The Morgan fingerprint density at radius 1 is 0.964 bits per heavy atom. The minimum Gasteiger partial charge on any atom is -0.322 e. The zero-order valence-electron chi connectivity index (χ0n) is 15.1. The number of aryl methyl sites for hydroxylation is 1. The number of nitrogens with one attached hydrogen (secondary N) is 2. The van der Waals surface area contributed by atoms with E-state index in [9.17, 15) is 13.2 Å². The fourth-order valence-corrected chi connectivity index (χ4v) is 3.87. The first-order valence-electron chi connectivity index (χ1n) is 8.67. The van der Waals surface area contributed by atoms with Crippen LogP contribution >= 0.6 is 11.6 Å². The molecule has 2 N–H and O–H groups in total. The Morgan fingerprint density at radius 2 is 1.68 bits per heavy atom. The van der Waals surface area contributed by atoms with E-state index >= 15 is 0 Å². The molecule has 0 heterocycles. The third-order valence-electron chi connectivity index (χ3n) is 4.15. The van der Waals surface area contributed by atoms with E-state index in [1.807, 2.05) is 31.2 Å². The molecule has 0 aliphatic heterocycles. The Morgan fingerprint density at radius 3 is 2.39 bits per heavy atom. The second kappa shape index (κ2) is 8.46. The number of anilines is 2. The second-order valence-corrected chi connectivity index (χ2v) is 8.22. The van der Waals surface area contributed by atoms with Crippen molar-refractivity contribution < 1.29 is 13.2 Å². The number of hydrogen-bond donors (Lipinski definition) is 2. The zero-order chi connectivity index (χ0) is 20.1. The molecule has 0 saturated heterocycles. The Kier molecular flexibility index (Phi) is 6.02. The summed E-state index contributed by atoms with van der Waals surface area (Å²) >= 11 is 5.81. The van der Waals surface area contributed by atoms with Crippen molar-refractivity contribution in [3.8, 4) is 0 Å². The number of carbonyl (C=O) groups is 1. The fraction of sp³-hybridized carbons (Fsp3) is 0.0952. The van der Waals surface area contributed by atoms with E-state index in [0.717, 1.165) is 17.7 Å². The predicted molar refractivity (Wildman–Crippen MR) is 112 cm³/mol. The number of para-hydroxylation sites is 1. The Balaban J connectivity index is 1.80. The summed E-state index contributed by atoms with van der Waals surface area (Å²) < 4.78 is 27.5. The number of sulfonamides is 1. The molecule has 0 aliphatic rings. The van der Waals surface area contributed by atoms with Crippen LogP contribution in [0.4, 0.5) is 11.4 Å². The van der Waals surface area contributed by atoms with E-state index < -0.39 is 10.0 Å². The standard InChI is InChI=1S/C21H19ClN2O3S/c1-2-15-6-3-4-9-20(15)23-21(25)16-7-5-8-18(14-16)24-28(26,27)19-12-10-17(22)11-13-19/h3-14,24H,2H2,1H3,(H,23,25). The van der Waals surface area contributed by atoms with E-state index in [2.05, 4.69) is 10.0 Å². The molecule has 0 aliphatic carbocycles. The second-order valence-electron chi connectivity index (χ2n) is 6.11. The number of hydrogen-bond acceptors (Lipinski definition) is 3. The fourth-order valence-electron chi connectivity index (χ4n) is 2.70. The van der Waals surface area contributed by atoms with E-state index in [4.69, 9.17) is 11.6 Å². The number of halogens is 1. The minimum absolute atomic E-state index is 0.0867. The molecule has 144 valence electrons. The highest BCUT2D eigenvalue weighted by atomic mass is 35.5. The highest BCUT2D eigenvalue weighted by molar-refractivity contribution is 7.92. The van der Waals surface area contributed by atoms with Crippen LogP contribution in [0.15, 0.2) is 77.7 Å². The van der Waals surface area contributed by atoms with Gasteiger partial charge < -0.3 is 5.32 Å². The maximum Gasteiger partial charge on any atom is 0.261 e.